The van der Waals surface area contributed by atoms with E-state index in [1.165, 1.54) is 0 Å². The van der Waals surface area contributed by atoms with Crippen molar-refractivity contribution in [3.63, 3.8) is 0 Å². The van der Waals surface area contributed by atoms with Gasteiger partial charge in [-0.25, -0.2) is 8.78 Å². The highest BCUT2D eigenvalue weighted by molar-refractivity contribution is 6.21. The van der Waals surface area contributed by atoms with Gasteiger partial charge in [0.25, 0.3) is 0 Å². The summed E-state index contributed by atoms with van der Waals surface area (Å²) >= 11 is 6.26. The highest BCUT2D eigenvalue weighted by Gasteiger charge is 2.26. The van der Waals surface area contributed by atoms with E-state index in [1.807, 2.05) is 0 Å². The average molecular weight is 245 g/mol. The molecule has 0 spiro atoms. The maximum atomic E-state index is 13.7. The monoisotopic (exact) mass is 244 g/mol. The largest absolute Gasteiger partial charge is 0.204 e. The molecule has 1 saturated carbocycles. The first-order valence-corrected chi connectivity index (χ1v) is 6.22. The van der Waals surface area contributed by atoms with E-state index in [1.54, 1.807) is 12.1 Å². The molecule has 1 aliphatic rings. The summed E-state index contributed by atoms with van der Waals surface area (Å²) in [5.74, 6) is -1.54. The zero-order valence-electron chi connectivity index (χ0n) is 9.06. The van der Waals surface area contributed by atoms with Crippen molar-refractivity contribution in [2.75, 3.05) is 0 Å². The fourth-order valence-electron chi connectivity index (χ4n) is 2.42. The third kappa shape index (κ3) is 2.37. The Bertz CT molecular complexity index is 365. The van der Waals surface area contributed by atoms with Crippen LogP contribution in [0, 0.1) is 11.6 Å². The predicted molar refractivity (Wildman–Crippen MR) is 61.8 cm³/mol. The lowest BCUT2D eigenvalue weighted by molar-refractivity contribution is 0.477. The van der Waals surface area contributed by atoms with Gasteiger partial charge >= 0.3 is 0 Å². The molecule has 0 radical (unpaired) electrons. The van der Waals surface area contributed by atoms with Gasteiger partial charge in [0.2, 0.25) is 0 Å². The molecule has 0 amide bonds. The van der Waals surface area contributed by atoms with Gasteiger partial charge in [-0.1, -0.05) is 31.4 Å². The average Bonchev–Trinajstić information content (AvgIpc) is 2.47. The summed E-state index contributed by atoms with van der Waals surface area (Å²) in [6.07, 6.45) is 5.01. The van der Waals surface area contributed by atoms with Crippen molar-refractivity contribution in [1.82, 2.24) is 0 Å². The SMILES string of the molecule is Fc1cccc(C2CCCCCC2Cl)c1F. The van der Waals surface area contributed by atoms with Gasteiger partial charge in [0.05, 0.1) is 0 Å². The number of alkyl halides is 1. The molecule has 1 aromatic rings. The van der Waals surface area contributed by atoms with Crippen LogP contribution in [0.25, 0.3) is 0 Å². The number of hydrogen-bond donors (Lipinski definition) is 0. The van der Waals surface area contributed by atoms with Crippen LogP contribution in [0.3, 0.4) is 0 Å². The van der Waals surface area contributed by atoms with Crippen LogP contribution in [0.1, 0.15) is 43.6 Å². The van der Waals surface area contributed by atoms with E-state index in [0.29, 0.717) is 5.56 Å². The first-order valence-electron chi connectivity index (χ1n) is 5.78. The quantitative estimate of drug-likeness (QED) is 0.500. The standard InChI is InChI=1S/C13H15ClF2/c14-11-7-3-1-2-5-9(11)10-6-4-8-12(15)13(10)16/h4,6,8-9,11H,1-3,5,7H2. The molecule has 0 aliphatic heterocycles. The molecule has 88 valence electrons. The molecule has 1 fully saturated rings. The summed E-state index contributed by atoms with van der Waals surface area (Å²) in [6.45, 7) is 0. The van der Waals surface area contributed by atoms with E-state index in [2.05, 4.69) is 0 Å². The Labute approximate surface area is 99.6 Å². The van der Waals surface area contributed by atoms with Crippen molar-refractivity contribution >= 4 is 11.6 Å². The summed E-state index contributed by atoms with van der Waals surface area (Å²) < 4.78 is 26.8. The number of halogens is 3. The summed E-state index contributed by atoms with van der Waals surface area (Å²) in [5.41, 5.74) is 0.446. The van der Waals surface area contributed by atoms with Gasteiger partial charge < -0.3 is 0 Å². The Morgan fingerprint density at radius 2 is 1.81 bits per heavy atom. The fourth-order valence-corrected chi connectivity index (χ4v) is 2.84. The van der Waals surface area contributed by atoms with Crippen molar-refractivity contribution < 1.29 is 8.78 Å². The van der Waals surface area contributed by atoms with Crippen molar-refractivity contribution in [1.29, 1.82) is 0 Å². The second-order valence-electron chi connectivity index (χ2n) is 4.40. The van der Waals surface area contributed by atoms with Gasteiger partial charge in [0.15, 0.2) is 11.6 Å². The van der Waals surface area contributed by atoms with E-state index < -0.39 is 11.6 Å². The van der Waals surface area contributed by atoms with Gasteiger partial charge in [-0.15, -0.1) is 11.6 Å². The van der Waals surface area contributed by atoms with Crippen LogP contribution in [0.15, 0.2) is 18.2 Å². The lowest BCUT2D eigenvalue weighted by Gasteiger charge is -2.20. The Hall–Kier alpha value is -0.630. The van der Waals surface area contributed by atoms with E-state index in [4.69, 9.17) is 11.6 Å². The predicted octanol–water partition coefficient (Wildman–Crippen LogP) is 4.62. The van der Waals surface area contributed by atoms with Gasteiger partial charge in [-0.2, -0.15) is 0 Å². The lowest BCUT2D eigenvalue weighted by Crippen LogP contribution is -2.13. The van der Waals surface area contributed by atoms with E-state index in [-0.39, 0.29) is 11.3 Å². The van der Waals surface area contributed by atoms with Crippen LogP contribution in [0.5, 0.6) is 0 Å². The maximum absolute atomic E-state index is 13.7. The molecule has 0 bridgehead atoms. The first kappa shape index (κ1) is 11.8. The zero-order valence-corrected chi connectivity index (χ0v) is 9.81. The molecule has 0 N–H and O–H groups in total. The third-order valence-corrected chi connectivity index (χ3v) is 3.83. The molecule has 1 aliphatic carbocycles. The first-order chi connectivity index (χ1) is 7.70. The second-order valence-corrected chi connectivity index (χ2v) is 4.96. The Morgan fingerprint density at radius 3 is 2.62 bits per heavy atom. The summed E-state index contributed by atoms with van der Waals surface area (Å²) in [6, 6.07) is 4.37. The number of benzene rings is 1. The summed E-state index contributed by atoms with van der Waals surface area (Å²) in [5, 5.41) is -0.0706. The Morgan fingerprint density at radius 1 is 1.06 bits per heavy atom. The normalized spacial score (nSPS) is 26.4. The minimum Gasteiger partial charge on any atom is -0.204 e. The Balaban J connectivity index is 2.30. The molecule has 0 saturated heterocycles. The molecular formula is C13H15ClF2. The molecule has 1 aromatic carbocycles. The van der Waals surface area contributed by atoms with Gasteiger partial charge in [-0.3, -0.25) is 0 Å². The van der Waals surface area contributed by atoms with Crippen LogP contribution in [0.2, 0.25) is 0 Å². The van der Waals surface area contributed by atoms with Gasteiger partial charge in [0.1, 0.15) is 0 Å². The minimum absolute atomic E-state index is 0.0418. The van der Waals surface area contributed by atoms with Crippen LogP contribution >= 0.6 is 11.6 Å². The maximum Gasteiger partial charge on any atom is 0.162 e. The lowest BCUT2D eigenvalue weighted by atomic mass is 9.91. The van der Waals surface area contributed by atoms with E-state index in [0.717, 1.165) is 38.2 Å². The smallest absolute Gasteiger partial charge is 0.162 e. The molecule has 0 aromatic heterocycles. The second kappa shape index (κ2) is 5.13. The third-order valence-electron chi connectivity index (χ3n) is 3.31. The molecule has 3 heteroatoms. The zero-order chi connectivity index (χ0) is 11.5. The molecule has 2 unspecified atom stereocenters. The van der Waals surface area contributed by atoms with Crippen LogP contribution in [-0.2, 0) is 0 Å². The van der Waals surface area contributed by atoms with E-state index in [9.17, 15) is 8.78 Å². The molecule has 2 atom stereocenters. The van der Waals surface area contributed by atoms with Crippen molar-refractivity contribution in [3.05, 3.63) is 35.4 Å². The molecule has 0 nitrogen and oxygen atoms in total. The molecule has 2 rings (SSSR count). The summed E-state index contributed by atoms with van der Waals surface area (Å²) in [4.78, 5) is 0. The molecule has 0 heterocycles. The van der Waals surface area contributed by atoms with Crippen LogP contribution < -0.4 is 0 Å². The van der Waals surface area contributed by atoms with Gasteiger partial charge in [0, 0.05) is 11.3 Å². The molecular weight excluding hydrogens is 230 g/mol. The van der Waals surface area contributed by atoms with Crippen molar-refractivity contribution in [3.8, 4) is 0 Å². The highest BCUT2D eigenvalue weighted by atomic mass is 35.5. The number of rotatable bonds is 1. The van der Waals surface area contributed by atoms with E-state index >= 15 is 0 Å². The van der Waals surface area contributed by atoms with Crippen LogP contribution in [-0.4, -0.2) is 5.38 Å². The summed E-state index contributed by atoms with van der Waals surface area (Å²) in [7, 11) is 0. The Kier molecular flexibility index (Phi) is 3.80. The molecule has 16 heavy (non-hydrogen) atoms. The topological polar surface area (TPSA) is 0 Å². The van der Waals surface area contributed by atoms with Gasteiger partial charge in [-0.05, 0) is 24.5 Å². The highest BCUT2D eigenvalue weighted by Crippen LogP contribution is 2.36. The van der Waals surface area contributed by atoms with Crippen molar-refractivity contribution in [2.45, 2.75) is 43.4 Å². The number of hydrogen-bond acceptors (Lipinski definition) is 0. The van der Waals surface area contributed by atoms with Crippen molar-refractivity contribution in [2.24, 2.45) is 0 Å². The fraction of sp³-hybridized carbons (Fsp3) is 0.538. The minimum atomic E-state index is -0.773. The van der Waals surface area contributed by atoms with Crippen LogP contribution in [0.4, 0.5) is 8.78 Å².